The minimum atomic E-state index is -0.165. The third-order valence-electron chi connectivity index (χ3n) is 4.50. The van der Waals surface area contributed by atoms with E-state index in [1.807, 2.05) is 31.1 Å². The topological polar surface area (TPSA) is 39.7 Å². The lowest BCUT2D eigenvalue weighted by atomic mass is 10.0. The van der Waals surface area contributed by atoms with Crippen molar-refractivity contribution in [3.05, 3.63) is 70.5 Å². The molecule has 0 heterocycles. The van der Waals surface area contributed by atoms with Gasteiger partial charge in [0.25, 0.3) is 0 Å². The summed E-state index contributed by atoms with van der Waals surface area (Å²) >= 11 is 0. The van der Waals surface area contributed by atoms with Crippen LogP contribution in [0.1, 0.15) is 35.1 Å². The van der Waals surface area contributed by atoms with Gasteiger partial charge in [-0.25, -0.2) is 4.39 Å². The van der Waals surface area contributed by atoms with E-state index in [1.54, 1.807) is 7.05 Å². The molecule has 1 unspecified atom stereocenters. The van der Waals surface area contributed by atoms with Crippen molar-refractivity contribution in [1.82, 2.24) is 15.5 Å². The number of rotatable bonds is 7. The zero-order valence-electron chi connectivity index (χ0n) is 17.0. The molecule has 2 aromatic carbocycles. The lowest BCUT2D eigenvalue weighted by molar-refractivity contribution is 0.392. The highest BCUT2D eigenvalue weighted by Crippen LogP contribution is 2.15. The number of nitrogens with one attached hydrogen (secondary N) is 2. The molecule has 0 radical (unpaired) electrons. The number of benzene rings is 2. The molecule has 0 fully saturated rings. The molecular formula is C22H31FN4. The Hall–Kier alpha value is -2.40. The van der Waals surface area contributed by atoms with E-state index in [0.717, 1.165) is 18.1 Å². The second kappa shape index (κ2) is 10.1. The van der Waals surface area contributed by atoms with Crippen molar-refractivity contribution in [2.24, 2.45) is 4.99 Å². The molecule has 0 bridgehead atoms. The van der Waals surface area contributed by atoms with Gasteiger partial charge in [-0.2, -0.15) is 0 Å². The first-order valence-corrected chi connectivity index (χ1v) is 9.32. The van der Waals surface area contributed by atoms with Gasteiger partial charge in [0.15, 0.2) is 5.96 Å². The van der Waals surface area contributed by atoms with Crippen LogP contribution in [0.3, 0.4) is 0 Å². The zero-order chi connectivity index (χ0) is 19.8. The number of hydrogen-bond acceptors (Lipinski definition) is 2. The highest BCUT2D eigenvalue weighted by Gasteiger charge is 2.08. The Morgan fingerprint density at radius 3 is 2.44 bits per heavy atom. The Morgan fingerprint density at radius 1 is 1.11 bits per heavy atom. The molecule has 146 valence electrons. The van der Waals surface area contributed by atoms with E-state index in [0.29, 0.717) is 24.6 Å². The number of nitrogens with zero attached hydrogens (tertiary/aromatic N) is 2. The third kappa shape index (κ3) is 6.68. The van der Waals surface area contributed by atoms with Crippen LogP contribution in [0.15, 0.2) is 47.5 Å². The van der Waals surface area contributed by atoms with Crippen LogP contribution in [0.5, 0.6) is 0 Å². The first kappa shape index (κ1) is 20.9. The number of aliphatic imine (C=N–C) groups is 1. The fourth-order valence-electron chi connectivity index (χ4n) is 2.87. The number of hydrogen-bond donors (Lipinski definition) is 2. The molecule has 0 aliphatic heterocycles. The molecule has 0 aliphatic carbocycles. The molecule has 0 saturated heterocycles. The minimum absolute atomic E-state index is 0.165. The van der Waals surface area contributed by atoms with E-state index in [9.17, 15) is 4.39 Å². The fourth-order valence-corrected chi connectivity index (χ4v) is 2.87. The van der Waals surface area contributed by atoms with Crippen LogP contribution in [-0.4, -0.2) is 38.5 Å². The van der Waals surface area contributed by atoms with Crippen molar-refractivity contribution in [3.63, 3.8) is 0 Å². The monoisotopic (exact) mass is 370 g/mol. The second-order valence-corrected chi connectivity index (χ2v) is 7.28. The normalized spacial score (nSPS) is 12.9. The molecule has 4 nitrogen and oxygen atoms in total. The molecule has 0 aromatic heterocycles. The van der Waals surface area contributed by atoms with Gasteiger partial charge < -0.3 is 15.5 Å². The van der Waals surface area contributed by atoms with Gasteiger partial charge in [-0.05, 0) is 50.2 Å². The van der Waals surface area contributed by atoms with Crippen LogP contribution in [0, 0.1) is 12.7 Å². The van der Waals surface area contributed by atoms with Crippen LogP contribution in [0.2, 0.25) is 0 Å². The van der Waals surface area contributed by atoms with Crippen LogP contribution < -0.4 is 10.6 Å². The standard InChI is InChI=1S/C22H31FN4/c1-16-6-9-19(10-7-16)17(2)13-25-22(24-3)26-14-18-8-11-21(23)20(12-18)15-27(4)5/h6-12,17H,13-15H2,1-5H3,(H2,24,25,26). The van der Waals surface area contributed by atoms with Crippen LogP contribution in [0.25, 0.3) is 0 Å². The summed E-state index contributed by atoms with van der Waals surface area (Å²) in [6.45, 7) is 6.26. The largest absolute Gasteiger partial charge is 0.356 e. The number of halogens is 1. The summed E-state index contributed by atoms with van der Waals surface area (Å²) in [7, 11) is 5.63. The van der Waals surface area contributed by atoms with E-state index >= 15 is 0 Å². The van der Waals surface area contributed by atoms with Crippen molar-refractivity contribution >= 4 is 5.96 Å². The summed E-state index contributed by atoms with van der Waals surface area (Å²) in [5.74, 6) is 0.955. The molecule has 1 atom stereocenters. The van der Waals surface area contributed by atoms with Gasteiger partial charge in [0.2, 0.25) is 0 Å². The highest BCUT2D eigenvalue weighted by atomic mass is 19.1. The first-order valence-electron chi connectivity index (χ1n) is 9.32. The van der Waals surface area contributed by atoms with E-state index < -0.39 is 0 Å². The molecule has 0 saturated carbocycles. The van der Waals surface area contributed by atoms with Gasteiger partial charge in [-0.1, -0.05) is 42.8 Å². The van der Waals surface area contributed by atoms with Gasteiger partial charge in [0.05, 0.1) is 0 Å². The average molecular weight is 371 g/mol. The summed E-state index contributed by atoms with van der Waals surface area (Å²) in [6, 6.07) is 13.9. The maximum atomic E-state index is 13.9. The molecule has 0 amide bonds. The maximum absolute atomic E-state index is 13.9. The predicted octanol–water partition coefficient (Wildman–Crippen LogP) is 3.66. The molecular weight excluding hydrogens is 339 g/mol. The maximum Gasteiger partial charge on any atom is 0.191 e. The van der Waals surface area contributed by atoms with Crippen LogP contribution in [0.4, 0.5) is 4.39 Å². The smallest absolute Gasteiger partial charge is 0.191 e. The van der Waals surface area contributed by atoms with E-state index in [4.69, 9.17) is 0 Å². The van der Waals surface area contributed by atoms with Crippen molar-refractivity contribution in [2.45, 2.75) is 32.9 Å². The van der Waals surface area contributed by atoms with Crippen molar-refractivity contribution in [2.75, 3.05) is 27.7 Å². The van der Waals surface area contributed by atoms with Crippen LogP contribution in [-0.2, 0) is 13.1 Å². The Labute approximate surface area is 162 Å². The number of guanidine groups is 1. The van der Waals surface area contributed by atoms with Gasteiger partial charge >= 0.3 is 0 Å². The fraction of sp³-hybridized carbons (Fsp3) is 0.409. The first-order chi connectivity index (χ1) is 12.9. The van der Waals surface area contributed by atoms with Gasteiger partial charge in [-0.15, -0.1) is 0 Å². The van der Waals surface area contributed by atoms with Gasteiger partial charge in [0.1, 0.15) is 5.82 Å². The van der Waals surface area contributed by atoms with Crippen molar-refractivity contribution < 1.29 is 4.39 Å². The average Bonchev–Trinajstić information content (AvgIpc) is 2.64. The molecule has 0 spiro atoms. The summed E-state index contributed by atoms with van der Waals surface area (Å²) in [5, 5.41) is 6.67. The Bertz CT molecular complexity index is 753. The molecule has 2 rings (SSSR count). The SMILES string of the molecule is CN=C(NCc1ccc(F)c(CN(C)C)c1)NCC(C)c1ccc(C)cc1. The van der Waals surface area contributed by atoms with Gasteiger partial charge in [-0.3, -0.25) is 4.99 Å². The highest BCUT2D eigenvalue weighted by molar-refractivity contribution is 5.79. The van der Waals surface area contributed by atoms with E-state index in [-0.39, 0.29) is 5.82 Å². The number of aryl methyl sites for hydroxylation is 1. The van der Waals surface area contributed by atoms with Crippen LogP contribution >= 0.6 is 0 Å². The molecule has 2 aromatic rings. The molecule has 27 heavy (non-hydrogen) atoms. The van der Waals surface area contributed by atoms with E-state index in [1.165, 1.54) is 17.2 Å². The predicted molar refractivity (Wildman–Crippen MR) is 112 cm³/mol. The summed E-state index contributed by atoms with van der Waals surface area (Å²) in [4.78, 5) is 6.24. The third-order valence-corrected chi connectivity index (χ3v) is 4.50. The Balaban J connectivity index is 1.89. The molecule has 2 N–H and O–H groups in total. The molecule has 5 heteroatoms. The summed E-state index contributed by atoms with van der Waals surface area (Å²) < 4.78 is 13.9. The van der Waals surface area contributed by atoms with E-state index in [2.05, 4.69) is 53.7 Å². The Morgan fingerprint density at radius 2 is 1.81 bits per heavy atom. The minimum Gasteiger partial charge on any atom is -0.356 e. The van der Waals surface area contributed by atoms with Crippen molar-refractivity contribution in [3.8, 4) is 0 Å². The molecule has 0 aliphatic rings. The second-order valence-electron chi connectivity index (χ2n) is 7.28. The lowest BCUT2D eigenvalue weighted by Crippen LogP contribution is -2.38. The summed E-state index contributed by atoms with van der Waals surface area (Å²) in [5.41, 5.74) is 4.30. The lowest BCUT2D eigenvalue weighted by Gasteiger charge is -2.17. The zero-order valence-corrected chi connectivity index (χ0v) is 17.0. The Kier molecular flexibility index (Phi) is 7.80. The van der Waals surface area contributed by atoms with Gasteiger partial charge in [0, 0.05) is 32.2 Å². The van der Waals surface area contributed by atoms with Crippen molar-refractivity contribution in [1.29, 1.82) is 0 Å². The quantitative estimate of drug-likeness (QED) is 0.577. The summed E-state index contributed by atoms with van der Waals surface area (Å²) in [6.07, 6.45) is 0.